The molecule has 1 aromatic heterocycles. The predicted molar refractivity (Wildman–Crippen MR) is 118 cm³/mol. The second-order valence-electron chi connectivity index (χ2n) is 8.12. The van der Waals surface area contributed by atoms with Crippen molar-refractivity contribution in [3.63, 3.8) is 0 Å². The lowest BCUT2D eigenvalue weighted by Crippen LogP contribution is -2.17. The highest BCUT2D eigenvalue weighted by Crippen LogP contribution is 2.38. The van der Waals surface area contributed by atoms with E-state index in [0.717, 1.165) is 47.9 Å². The Kier molecular flexibility index (Phi) is 5.37. The van der Waals surface area contributed by atoms with Crippen molar-refractivity contribution in [3.05, 3.63) is 47.3 Å². The molecule has 2 aromatic rings. The van der Waals surface area contributed by atoms with Gasteiger partial charge in [0.1, 0.15) is 17.4 Å². The molecule has 3 aliphatic rings. The van der Waals surface area contributed by atoms with E-state index in [1.165, 1.54) is 30.2 Å². The maximum atomic E-state index is 12.0. The number of nitrogens with zero attached hydrogens (tertiary/aromatic N) is 4. The number of amidine groups is 1. The molecule has 1 N–H and O–H groups in total. The Bertz CT molecular complexity index is 1020. The van der Waals surface area contributed by atoms with Crippen LogP contribution in [0.25, 0.3) is 0 Å². The average Bonchev–Trinajstić information content (AvgIpc) is 3.68. The average molecular weight is 420 g/mol. The van der Waals surface area contributed by atoms with Gasteiger partial charge in [0.15, 0.2) is 5.16 Å². The second-order valence-corrected chi connectivity index (χ2v) is 9.16. The molecular weight excluding hydrogens is 394 g/mol. The van der Waals surface area contributed by atoms with Crippen molar-refractivity contribution in [1.82, 2.24) is 15.0 Å². The Morgan fingerprint density at radius 3 is 2.60 bits per heavy atom. The van der Waals surface area contributed by atoms with Crippen LogP contribution in [0.4, 0.5) is 5.95 Å². The van der Waals surface area contributed by atoms with Crippen molar-refractivity contribution < 1.29 is 4.79 Å². The minimum atomic E-state index is 0.308. The molecule has 1 aromatic carbocycles. The van der Waals surface area contributed by atoms with Crippen LogP contribution in [0.15, 0.2) is 51.0 Å². The maximum Gasteiger partial charge on any atom is 0.232 e. The fraction of sp³-hybridized carbons (Fsp3) is 0.435. The van der Waals surface area contributed by atoms with Crippen LogP contribution in [0.1, 0.15) is 44.0 Å². The number of ketones is 1. The van der Waals surface area contributed by atoms with Crippen LogP contribution < -0.4 is 5.32 Å². The van der Waals surface area contributed by atoms with Gasteiger partial charge in [-0.3, -0.25) is 9.79 Å². The molecule has 0 saturated heterocycles. The third-order valence-corrected chi connectivity index (χ3v) is 6.48. The molecule has 0 amide bonds. The normalized spacial score (nSPS) is 18.2. The smallest absolute Gasteiger partial charge is 0.232 e. The van der Waals surface area contributed by atoms with Gasteiger partial charge in [-0.05, 0) is 66.6 Å². The molecule has 0 radical (unpaired) electrons. The summed E-state index contributed by atoms with van der Waals surface area (Å²) in [6.07, 6.45) is 8.09. The molecule has 30 heavy (non-hydrogen) atoms. The lowest BCUT2D eigenvalue weighted by Gasteiger charge is -2.10. The standard InChI is InChI=1S/C23H25N5OS/c1-2-20-25-22(27-21-18(11-12-24-21)15-5-6-15)28-23(26-20)30-17-9-3-14(4-10-17)13-19(29)16-7-8-16/h3-4,9-11,15-16H,2,5-8,12-13H2,1H3,(H,24,25,26,27,28). The molecule has 6 nitrogen and oxygen atoms in total. The van der Waals surface area contributed by atoms with Gasteiger partial charge in [-0.15, -0.1) is 0 Å². The van der Waals surface area contributed by atoms with Gasteiger partial charge in [-0.1, -0.05) is 25.1 Å². The zero-order valence-electron chi connectivity index (χ0n) is 17.1. The zero-order valence-corrected chi connectivity index (χ0v) is 17.9. The monoisotopic (exact) mass is 419 g/mol. The van der Waals surface area contributed by atoms with Crippen molar-refractivity contribution >= 4 is 29.3 Å². The van der Waals surface area contributed by atoms with Crippen molar-refractivity contribution in [2.75, 3.05) is 11.9 Å². The molecule has 0 spiro atoms. The minimum absolute atomic E-state index is 0.308. The van der Waals surface area contributed by atoms with Crippen LogP contribution in [0.3, 0.4) is 0 Å². The largest absolute Gasteiger partial charge is 0.309 e. The van der Waals surface area contributed by atoms with Gasteiger partial charge < -0.3 is 5.32 Å². The SMILES string of the molecule is CCc1nc(NC2=NCC=C2C2CC2)nc(Sc2ccc(CC(=O)C3CC3)cc2)n1. The highest BCUT2D eigenvalue weighted by molar-refractivity contribution is 7.99. The molecule has 0 bridgehead atoms. The number of aromatic nitrogens is 3. The molecule has 2 heterocycles. The first-order valence-electron chi connectivity index (χ1n) is 10.7. The van der Waals surface area contributed by atoms with E-state index < -0.39 is 0 Å². The first-order valence-corrected chi connectivity index (χ1v) is 11.6. The lowest BCUT2D eigenvalue weighted by molar-refractivity contribution is -0.119. The summed E-state index contributed by atoms with van der Waals surface area (Å²) in [5.41, 5.74) is 2.38. The van der Waals surface area contributed by atoms with E-state index in [-0.39, 0.29) is 0 Å². The summed E-state index contributed by atoms with van der Waals surface area (Å²) in [4.78, 5) is 31.4. The quantitative estimate of drug-likeness (QED) is 0.688. The first-order chi connectivity index (χ1) is 14.7. The third kappa shape index (κ3) is 4.61. The van der Waals surface area contributed by atoms with Gasteiger partial charge in [0.25, 0.3) is 0 Å². The lowest BCUT2D eigenvalue weighted by atomic mass is 10.1. The van der Waals surface area contributed by atoms with Gasteiger partial charge in [-0.2, -0.15) is 9.97 Å². The van der Waals surface area contributed by atoms with Crippen LogP contribution in [0.5, 0.6) is 0 Å². The Balaban J connectivity index is 1.28. The van der Waals surface area contributed by atoms with Crippen molar-refractivity contribution in [2.24, 2.45) is 16.8 Å². The van der Waals surface area contributed by atoms with Crippen LogP contribution in [-0.2, 0) is 17.6 Å². The minimum Gasteiger partial charge on any atom is -0.309 e. The van der Waals surface area contributed by atoms with Crippen molar-refractivity contribution in [2.45, 2.75) is 55.5 Å². The summed E-state index contributed by atoms with van der Waals surface area (Å²) in [6.45, 7) is 2.78. The molecule has 1 aliphatic heterocycles. The van der Waals surface area contributed by atoms with Gasteiger partial charge in [0, 0.05) is 23.7 Å². The van der Waals surface area contributed by atoms with E-state index >= 15 is 0 Å². The molecule has 154 valence electrons. The molecule has 2 saturated carbocycles. The number of nitrogens with one attached hydrogen (secondary N) is 1. The highest BCUT2D eigenvalue weighted by atomic mass is 32.2. The summed E-state index contributed by atoms with van der Waals surface area (Å²) < 4.78 is 0. The summed E-state index contributed by atoms with van der Waals surface area (Å²) in [5.74, 6) is 3.55. The topological polar surface area (TPSA) is 80.1 Å². The summed E-state index contributed by atoms with van der Waals surface area (Å²) in [5, 5.41) is 4.00. The molecule has 7 heteroatoms. The Morgan fingerprint density at radius 1 is 1.10 bits per heavy atom. The molecule has 2 fully saturated rings. The third-order valence-electron chi connectivity index (χ3n) is 5.60. The van der Waals surface area contributed by atoms with Crippen LogP contribution in [0, 0.1) is 11.8 Å². The Hall–Kier alpha value is -2.54. The first kappa shape index (κ1) is 19.4. The van der Waals surface area contributed by atoms with E-state index in [0.29, 0.717) is 35.1 Å². The van der Waals surface area contributed by atoms with Crippen molar-refractivity contribution in [3.8, 4) is 0 Å². The number of aryl methyl sites for hydroxylation is 1. The number of aliphatic imine (C=N–C) groups is 1. The van der Waals surface area contributed by atoms with Crippen molar-refractivity contribution in [1.29, 1.82) is 0 Å². The van der Waals surface area contributed by atoms with Crippen LogP contribution in [0.2, 0.25) is 0 Å². The van der Waals surface area contributed by atoms with Crippen LogP contribution >= 0.6 is 11.8 Å². The number of anilines is 1. The number of hydrogen-bond acceptors (Lipinski definition) is 7. The van der Waals surface area contributed by atoms with Crippen LogP contribution in [-0.4, -0.2) is 33.1 Å². The highest BCUT2D eigenvalue weighted by Gasteiger charge is 2.31. The maximum absolute atomic E-state index is 12.0. The Morgan fingerprint density at radius 2 is 1.90 bits per heavy atom. The van der Waals surface area contributed by atoms with Gasteiger partial charge >= 0.3 is 0 Å². The fourth-order valence-electron chi connectivity index (χ4n) is 3.58. The van der Waals surface area contributed by atoms with Gasteiger partial charge in [-0.25, -0.2) is 4.98 Å². The Labute approximate surface area is 180 Å². The van der Waals surface area contributed by atoms with Gasteiger partial charge in [0.2, 0.25) is 5.95 Å². The van der Waals surface area contributed by atoms with E-state index in [1.807, 2.05) is 31.2 Å². The fourth-order valence-corrected chi connectivity index (χ4v) is 4.35. The zero-order chi connectivity index (χ0) is 20.5. The second kappa shape index (κ2) is 8.30. The molecule has 0 unspecified atom stereocenters. The summed E-state index contributed by atoms with van der Waals surface area (Å²) in [7, 11) is 0. The molecule has 0 atom stereocenters. The molecule has 5 rings (SSSR count). The number of hydrogen-bond donors (Lipinski definition) is 1. The summed E-state index contributed by atoms with van der Waals surface area (Å²) >= 11 is 1.51. The van der Waals surface area contributed by atoms with E-state index in [2.05, 4.69) is 31.3 Å². The number of carbonyl (C=O) groups is 1. The molecule has 2 aliphatic carbocycles. The van der Waals surface area contributed by atoms with Gasteiger partial charge in [0.05, 0.1) is 6.54 Å². The number of carbonyl (C=O) groups excluding carboxylic acids is 1. The number of rotatable bonds is 8. The van der Waals surface area contributed by atoms with E-state index in [1.54, 1.807) is 0 Å². The van der Waals surface area contributed by atoms with E-state index in [9.17, 15) is 4.79 Å². The summed E-state index contributed by atoms with van der Waals surface area (Å²) in [6, 6.07) is 8.14. The van der Waals surface area contributed by atoms with E-state index in [4.69, 9.17) is 0 Å². The number of benzene rings is 1. The number of Topliss-reactive ketones (excluding diaryl/α,β-unsaturated/α-hetero) is 1. The molecular formula is C23H25N5OS. The predicted octanol–water partition coefficient (Wildman–Crippen LogP) is 4.27.